The van der Waals surface area contributed by atoms with Gasteiger partial charge in [-0.15, -0.1) is 0 Å². The van der Waals surface area contributed by atoms with Crippen LogP contribution < -0.4 is 5.32 Å². The van der Waals surface area contributed by atoms with Crippen molar-refractivity contribution in [2.24, 2.45) is 0 Å². The van der Waals surface area contributed by atoms with Crippen molar-refractivity contribution in [1.82, 2.24) is 14.9 Å². The number of aromatic nitrogens is 2. The molecule has 1 amide bonds. The first kappa shape index (κ1) is 35.2. The minimum atomic E-state index is 0.0721. The van der Waals surface area contributed by atoms with Crippen LogP contribution in [0, 0.1) is 0 Å². The maximum Gasteiger partial charge on any atom is 0.224 e. The molecule has 2 aromatic carbocycles. The Labute approximate surface area is 267 Å². The van der Waals surface area contributed by atoms with Crippen LogP contribution in [0.15, 0.2) is 48.5 Å². The molecule has 0 saturated carbocycles. The largest absolute Gasteiger partial charge is 0.356 e. The molecule has 0 unspecified atom stereocenters. The Hall–Kier alpha value is -2.33. The van der Waals surface area contributed by atoms with E-state index in [0.717, 1.165) is 49.9 Å². The molecule has 0 atom stereocenters. The maximum absolute atomic E-state index is 12.2. The zero-order valence-corrected chi connectivity index (χ0v) is 27.8. The molecule has 0 fully saturated rings. The normalized spacial score (nSPS) is 11.4. The topological polar surface area (TPSA) is 46.9 Å². The number of benzene rings is 2. The zero-order chi connectivity index (χ0) is 30.4. The van der Waals surface area contributed by atoms with Crippen molar-refractivity contribution < 1.29 is 4.79 Å². The predicted molar refractivity (Wildman–Crippen MR) is 185 cm³/mol. The van der Waals surface area contributed by atoms with Crippen molar-refractivity contribution in [1.29, 1.82) is 0 Å². The quantitative estimate of drug-likeness (QED) is 0.0973. The van der Waals surface area contributed by atoms with E-state index in [0.29, 0.717) is 11.4 Å². The number of carbonyl (C=O) groups excluding carboxylic acids is 1. The van der Waals surface area contributed by atoms with Crippen molar-refractivity contribution in [2.45, 2.75) is 148 Å². The Morgan fingerprint density at radius 2 is 1.26 bits per heavy atom. The van der Waals surface area contributed by atoms with Crippen molar-refractivity contribution in [3.63, 3.8) is 0 Å². The van der Waals surface area contributed by atoms with Gasteiger partial charge in [-0.25, -0.2) is 4.98 Å². The summed E-state index contributed by atoms with van der Waals surface area (Å²) in [6, 6.07) is 16.1. The van der Waals surface area contributed by atoms with Gasteiger partial charge in [0.15, 0.2) is 0 Å². The molecule has 0 saturated heterocycles. The van der Waals surface area contributed by atoms with Crippen LogP contribution in [0.3, 0.4) is 0 Å². The molecular weight excluding hydrogens is 550 g/mol. The van der Waals surface area contributed by atoms with E-state index in [4.69, 9.17) is 16.6 Å². The lowest BCUT2D eigenvalue weighted by atomic mass is 10.0. The van der Waals surface area contributed by atoms with Gasteiger partial charge in [-0.1, -0.05) is 146 Å². The minimum Gasteiger partial charge on any atom is -0.356 e. The number of rotatable bonds is 25. The highest BCUT2D eigenvalue weighted by atomic mass is 35.5. The number of para-hydroxylation sites is 2. The van der Waals surface area contributed by atoms with Gasteiger partial charge in [0, 0.05) is 24.5 Å². The van der Waals surface area contributed by atoms with E-state index < -0.39 is 0 Å². The molecular formula is C38H58ClN3O. The van der Waals surface area contributed by atoms with E-state index in [-0.39, 0.29) is 5.91 Å². The molecule has 4 nitrogen and oxygen atoms in total. The number of aryl methyl sites for hydroxylation is 2. The first-order valence-electron chi connectivity index (χ1n) is 17.6. The highest BCUT2D eigenvalue weighted by Crippen LogP contribution is 2.20. The molecule has 3 aromatic rings. The van der Waals surface area contributed by atoms with Crippen LogP contribution in [0.5, 0.6) is 0 Å². The Balaban J connectivity index is 1.23. The fourth-order valence-electron chi connectivity index (χ4n) is 6.05. The second kappa shape index (κ2) is 22.2. The highest BCUT2D eigenvalue weighted by molar-refractivity contribution is 6.30. The Morgan fingerprint density at radius 1 is 0.698 bits per heavy atom. The third-order valence-corrected chi connectivity index (χ3v) is 8.90. The molecule has 0 bridgehead atoms. The Kier molecular flexibility index (Phi) is 18.2. The summed E-state index contributed by atoms with van der Waals surface area (Å²) < 4.78 is 2.47. The third-order valence-electron chi connectivity index (χ3n) is 8.65. The van der Waals surface area contributed by atoms with E-state index in [2.05, 4.69) is 41.1 Å². The number of amides is 1. The average Bonchev–Trinajstić information content (AvgIpc) is 3.37. The average molecular weight is 608 g/mol. The smallest absolute Gasteiger partial charge is 0.224 e. The molecule has 0 radical (unpaired) electrons. The lowest BCUT2D eigenvalue weighted by Gasteiger charge is -2.10. The summed E-state index contributed by atoms with van der Waals surface area (Å²) in [5.74, 6) is 1.29. The first-order valence-corrected chi connectivity index (χ1v) is 18.0. The van der Waals surface area contributed by atoms with E-state index in [1.807, 2.05) is 24.3 Å². The van der Waals surface area contributed by atoms with Gasteiger partial charge in [0.05, 0.1) is 17.5 Å². The van der Waals surface area contributed by atoms with Crippen LogP contribution in [0.4, 0.5) is 0 Å². The number of halogens is 1. The van der Waals surface area contributed by atoms with Crippen LogP contribution in [-0.4, -0.2) is 22.0 Å². The number of hydrogen-bond donors (Lipinski definition) is 1. The van der Waals surface area contributed by atoms with Crippen LogP contribution in [0.1, 0.15) is 140 Å². The van der Waals surface area contributed by atoms with Gasteiger partial charge in [0.1, 0.15) is 5.82 Å². The third kappa shape index (κ3) is 14.8. The van der Waals surface area contributed by atoms with Gasteiger partial charge < -0.3 is 9.88 Å². The van der Waals surface area contributed by atoms with Crippen molar-refractivity contribution in [2.75, 3.05) is 6.54 Å². The summed E-state index contributed by atoms with van der Waals surface area (Å²) in [6.45, 7) is 4.08. The molecule has 5 heteroatoms. The monoisotopic (exact) mass is 607 g/mol. The van der Waals surface area contributed by atoms with E-state index in [1.165, 1.54) is 114 Å². The number of nitrogens with one attached hydrogen (secondary N) is 1. The molecule has 0 spiro atoms. The molecule has 3 rings (SSSR count). The summed E-state index contributed by atoms with van der Waals surface area (Å²) in [5.41, 5.74) is 3.38. The number of imidazole rings is 1. The second-order valence-electron chi connectivity index (χ2n) is 12.4. The van der Waals surface area contributed by atoms with Crippen molar-refractivity contribution in [3.05, 3.63) is 64.9 Å². The summed E-state index contributed by atoms with van der Waals surface area (Å²) in [7, 11) is 0. The number of hydrogen-bond acceptors (Lipinski definition) is 2. The van der Waals surface area contributed by atoms with Gasteiger partial charge in [0.2, 0.25) is 5.91 Å². The predicted octanol–water partition coefficient (Wildman–Crippen LogP) is 11.0. The molecule has 1 heterocycles. The molecule has 0 aliphatic carbocycles. The number of fused-ring (bicyclic) bond motifs is 1. The Bertz CT molecular complexity index is 1140. The van der Waals surface area contributed by atoms with E-state index in [1.54, 1.807) is 0 Å². The SMILES string of the molecule is CCCCCCCCCCCCCCCCCCn1c(CCCCCNC(=O)Cc2ccc(Cl)cc2)nc2ccccc21. The van der Waals surface area contributed by atoms with Crippen LogP contribution in [0.25, 0.3) is 11.0 Å². The number of carbonyl (C=O) groups is 1. The zero-order valence-electron chi connectivity index (χ0n) is 27.1. The van der Waals surface area contributed by atoms with E-state index >= 15 is 0 Å². The fraction of sp³-hybridized carbons (Fsp3) is 0.632. The summed E-state index contributed by atoms with van der Waals surface area (Å²) >= 11 is 5.93. The molecule has 43 heavy (non-hydrogen) atoms. The molecule has 0 aliphatic rings. The number of unbranched alkanes of at least 4 members (excludes halogenated alkanes) is 17. The maximum atomic E-state index is 12.2. The van der Waals surface area contributed by atoms with Gasteiger partial charge in [-0.05, 0) is 49.1 Å². The Morgan fingerprint density at radius 3 is 1.88 bits per heavy atom. The van der Waals surface area contributed by atoms with Gasteiger partial charge in [-0.2, -0.15) is 0 Å². The van der Waals surface area contributed by atoms with Crippen LogP contribution in [-0.2, 0) is 24.2 Å². The fourth-order valence-corrected chi connectivity index (χ4v) is 6.17. The summed E-state index contributed by atoms with van der Waals surface area (Å²) in [4.78, 5) is 17.2. The van der Waals surface area contributed by atoms with Gasteiger partial charge in [-0.3, -0.25) is 4.79 Å². The molecule has 1 aromatic heterocycles. The van der Waals surface area contributed by atoms with Crippen molar-refractivity contribution in [3.8, 4) is 0 Å². The van der Waals surface area contributed by atoms with Gasteiger partial charge >= 0.3 is 0 Å². The van der Waals surface area contributed by atoms with Crippen LogP contribution >= 0.6 is 11.6 Å². The van der Waals surface area contributed by atoms with Crippen molar-refractivity contribution >= 4 is 28.5 Å². The summed E-state index contributed by atoms with van der Waals surface area (Å²) in [6.07, 6.45) is 26.9. The molecule has 1 N–H and O–H groups in total. The van der Waals surface area contributed by atoms with E-state index in [9.17, 15) is 4.79 Å². The molecule has 0 aliphatic heterocycles. The minimum absolute atomic E-state index is 0.0721. The number of nitrogens with zero attached hydrogens (tertiary/aromatic N) is 2. The standard InChI is InChI=1S/C38H58ClN3O/c1-2-3-4-5-6-7-8-9-10-11-12-13-14-15-16-22-31-42-36-24-20-19-23-35(36)41-37(42)25-18-17-21-30-40-38(43)32-33-26-28-34(39)29-27-33/h19-20,23-24,26-29H,2-18,21-22,25,30-32H2,1H3,(H,40,43). The highest BCUT2D eigenvalue weighted by Gasteiger charge is 2.10. The van der Waals surface area contributed by atoms with Crippen LogP contribution in [0.2, 0.25) is 5.02 Å². The van der Waals surface area contributed by atoms with Gasteiger partial charge in [0.25, 0.3) is 0 Å². The summed E-state index contributed by atoms with van der Waals surface area (Å²) in [5, 5.41) is 3.75. The lowest BCUT2D eigenvalue weighted by Crippen LogP contribution is -2.26. The first-order chi connectivity index (χ1) is 21.2. The second-order valence-corrected chi connectivity index (χ2v) is 12.9. The lowest BCUT2D eigenvalue weighted by molar-refractivity contribution is -0.120. The molecule has 238 valence electrons.